The van der Waals surface area contributed by atoms with Crippen molar-refractivity contribution in [2.24, 2.45) is 5.73 Å². The molecule has 8 heteroatoms. The zero-order valence-electron chi connectivity index (χ0n) is 9.97. The van der Waals surface area contributed by atoms with Crippen LogP contribution in [-0.4, -0.2) is 24.8 Å². The van der Waals surface area contributed by atoms with Crippen LogP contribution in [-0.2, 0) is 14.8 Å². The lowest BCUT2D eigenvalue weighted by Crippen LogP contribution is -2.45. The Morgan fingerprint density at radius 3 is 2.67 bits per heavy atom. The van der Waals surface area contributed by atoms with Gasteiger partial charge in [-0.1, -0.05) is 11.6 Å². The number of carbonyl (C=O) groups is 1. The minimum Gasteiger partial charge on any atom is -0.370 e. The maximum Gasteiger partial charge on any atom is 0.244 e. The zero-order chi connectivity index (χ0) is 14.0. The zero-order valence-corrected chi connectivity index (χ0v) is 11.5. The van der Waals surface area contributed by atoms with Crippen LogP contribution in [0.3, 0.4) is 0 Å². The number of nitrogens with zero attached hydrogens (tertiary/aromatic N) is 1. The summed E-state index contributed by atoms with van der Waals surface area (Å²) in [6.45, 7) is 3.11. The number of halogens is 1. The van der Waals surface area contributed by atoms with Crippen molar-refractivity contribution in [1.29, 1.82) is 0 Å². The SMILES string of the molecule is CC(C)(CC(N)=O)NS(=O)(=O)c1cccnc1Cl. The van der Waals surface area contributed by atoms with Crippen LogP contribution in [0.1, 0.15) is 20.3 Å². The maximum absolute atomic E-state index is 12.1. The molecule has 1 rings (SSSR count). The number of hydrogen-bond acceptors (Lipinski definition) is 4. The maximum atomic E-state index is 12.1. The molecule has 0 unspecified atom stereocenters. The van der Waals surface area contributed by atoms with E-state index in [1.807, 2.05) is 0 Å². The summed E-state index contributed by atoms with van der Waals surface area (Å²) in [6, 6.07) is 2.79. The normalized spacial score (nSPS) is 12.4. The van der Waals surface area contributed by atoms with Crippen LogP contribution in [0.2, 0.25) is 5.15 Å². The fourth-order valence-electron chi connectivity index (χ4n) is 1.46. The molecule has 0 saturated heterocycles. The molecule has 18 heavy (non-hydrogen) atoms. The minimum atomic E-state index is -3.85. The summed E-state index contributed by atoms with van der Waals surface area (Å²) in [5.41, 5.74) is 4.06. The first-order valence-corrected chi connectivity index (χ1v) is 6.93. The Morgan fingerprint density at radius 2 is 2.17 bits per heavy atom. The molecular weight excluding hydrogens is 278 g/mol. The number of amides is 1. The van der Waals surface area contributed by atoms with Crippen LogP contribution in [0.5, 0.6) is 0 Å². The van der Waals surface area contributed by atoms with Crippen LogP contribution in [0.4, 0.5) is 0 Å². The highest BCUT2D eigenvalue weighted by Gasteiger charge is 2.29. The van der Waals surface area contributed by atoms with Crippen LogP contribution in [0.25, 0.3) is 0 Å². The molecule has 1 aromatic rings. The quantitative estimate of drug-likeness (QED) is 0.778. The third-order valence-electron chi connectivity index (χ3n) is 2.04. The highest BCUT2D eigenvalue weighted by Crippen LogP contribution is 2.20. The predicted molar refractivity (Wildman–Crippen MR) is 67.5 cm³/mol. The summed E-state index contributed by atoms with van der Waals surface area (Å²) in [5, 5.41) is -0.125. The molecule has 6 nitrogen and oxygen atoms in total. The number of hydrogen-bond donors (Lipinski definition) is 2. The number of nitrogens with one attached hydrogen (secondary N) is 1. The van der Waals surface area contributed by atoms with Crippen LogP contribution < -0.4 is 10.5 Å². The van der Waals surface area contributed by atoms with Crippen molar-refractivity contribution in [3.05, 3.63) is 23.5 Å². The standard InChI is InChI=1S/C10H14ClN3O3S/c1-10(2,6-8(12)15)14-18(16,17)7-4-3-5-13-9(7)11/h3-5,14H,6H2,1-2H3,(H2,12,15). The van der Waals surface area contributed by atoms with E-state index < -0.39 is 21.5 Å². The molecule has 3 N–H and O–H groups in total. The van der Waals surface area contributed by atoms with E-state index in [0.29, 0.717) is 0 Å². The third kappa shape index (κ3) is 3.94. The van der Waals surface area contributed by atoms with Crippen molar-refractivity contribution >= 4 is 27.5 Å². The number of pyridine rings is 1. The highest BCUT2D eigenvalue weighted by atomic mass is 35.5. The molecule has 0 aliphatic heterocycles. The molecule has 0 fully saturated rings. The van der Waals surface area contributed by atoms with Crippen molar-refractivity contribution in [2.75, 3.05) is 0 Å². The lowest BCUT2D eigenvalue weighted by atomic mass is 10.0. The Morgan fingerprint density at radius 1 is 1.56 bits per heavy atom. The fourth-order valence-corrected chi connectivity index (χ4v) is 3.33. The third-order valence-corrected chi connectivity index (χ3v) is 4.18. The van der Waals surface area contributed by atoms with Gasteiger partial charge < -0.3 is 5.73 Å². The lowest BCUT2D eigenvalue weighted by Gasteiger charge is -2.24. The molecule has 100 valence electrons. The number of aromatic nitrogens is 1. The smallest absolute Gasteiger partial charge is 0.244 e. The summed E-state index contributed by atoms with van der Waals surface area (Å²) < 4.78 is 26.5. The van der Waals surface area contributed by atoms with E-state index in [2.05, 4.69) is 9.71 Å². The monoisotopic (exact) mass is 291 g/mol. The van der Waals surface area contributed by atoms with E-state index in [9.17, 15) is 13.2 Å². The average Bonchev–Trinajstić information content (AvgIpc) is 2.13. The van der Waals surface area contributed by atoms with Gasteiger partial charge in [0.2, 0.25) is 15.9 Å². The highest BCUT2D eigenvalue weighted by molar-refractivity contribution is 7.89. The molecule has 0 radical (unpaired) electrons. The summed E-state index contributed by atoms with van der Waals surface area (Å²) in [4.78, 5) is 14.4. The molecule has 0 saturated carbocycles. The van der Waals surface area contributed by atoms with Crippen LogP contribution in [0, 0.1) is 0 Å². The van der Waals surface area contributed by atoms with Gasteiger partial charge in [0, 0.05) is 18.2 Å². The van der Waals surface area contributed by atoms with Crippen LogP contribution >= 0.6 is 11.6 Å². The first kappa shape index (κ1) is 14.9. The molecular formula is C10H14ClN3O3S. The topological polar surface area (TPSA) is 102 Å². The van der Waals surface area contributed by atoms with Gasteiger partial charge in [-0.2, -0.15) is 0 Å². The van der Waals surface area contributed by atoms with Gasteiger partial charge in [0.1, 0.15) is 10.0 Å². The van der Waals surface area contributed by atoms with E-state index in [-0.39, 0.29) is 16.5 Å². The van der Waals surface area contributed by atoms with E-state index >= 15 is 0 Å². The summed E-state index contributed by atoms with van der Waals surface area (Å²) in [5.74, 6) is -0.597. The lowest BCUT2D eigenvalue weighted by molar-refractivity contribution is -0.119. The van der Waals surface area contributed by atoms with Gasteiger partial charge in [0.25, 0.3) is 0 Å². The summed E-state index contributed by atoms with van der Waals surface area (Å²) in [6.07, 6.45) is 1.26. The summed E-state index contributed by atoms with van der Waals surface area (Å²) in [7, 11) is -3.85. The minimum absolute atomic E-state index is 0.121. The predicted octanol–water partition coefficient (Wildman–Crippen LogP) is 0.667. The summed E-state index contributed by atoms with van der Waals surface area (Å²) >= 11 is 5.72. The Hall–Kier alpha value is -1.18. The Bertz CT molecular complexity index is 557. The molecule has 0 spiro atoms. The van der Waals surface area contributed by atoms with Gasteiger partial charge in [-0.05, 0) is 26.0 Å². The number of carbonyl (C=O) groups excluding carboxylic acids is 1. The van der Waals surface area contributed by atoms with E-state index in [1.165, 1.54) is 18.3 Å². The second-order valence-corrected chi connectivity index (χ2v) is 6.43. The van der Waals surface area contributed by atoms with Crippen molar-refractivity contribution < 1.29 is 13.2 Å². The number of sulfonamides is 1. The molecule has 0 aliphatic carbocycles. The van der Waals surface area contributed by atoms with Gasteiger partial charge >= 0.3 is 0 Å². The van der Waals surface area contributed by atoms with E-state index in [1.54, 1.807) is 13.8 Å². The van der Waals surface area contributed by atoms with Gasteiger partial charge in [-0.25, -0.2) is 18.1 Å². The molecule has 0 bridgehead atoms. The number of nitrogens with two attached hydrogens (primary N) is 1. The Labute approximate surface area is 111 Å². The Balaban J connectivity index is 3.03. The second kappa shape index (κ2) is 5.21. The van der Waals surface area contributed by atoms with Crippen molar-refractivity contribution in [3.8, 4) is 0 Å². The average molecular weight is 292 g/mol. The molecule has 1 heterocycles. The van der Waals surface area contributed by atoms with E-state index in [0.717, 1.165) is 0 Å². The molecule has 0 aliphatic rings. The van der Waals surface area contributed by atoms with Gasteiger partial charge in [0.15, 0.2) is 0 Å². The molecule has 1 aromatic heterocycles. The van der Waals surface area contributed by atoms with Gasteiger partial charge in [-0.15, -0.1) is 0 Å². The van der Waals surface area contributed by atoms with Gasteiger partial charge in [0.05, 0.1) is 0 Å². The molecule has 0 atom stereocenters. The first-order valence-electron chi connectivity index (χ1n) is 5.07. The van der Waals surface area contributed by atoms with E-state index in [4.69, 9.17) is 17.3 Å². The largest absolute Gasteiger partial charge is 0.370 e. The van der Waals surface area contributed by atoms with Gasteiger partial charge in [-0.3, -0.25) is 4.79 Å². The van der Waals surface area contributed by atoms with Crippen LogP contribution in [0.15, 0.2) is 23.2 Å². The van der Waals surface area contributed by atoms with Crippen molar-refractivity contribution in [2.45, 2.75) is 30.7 Å². The molecule has 0 aromatic carbocycles. The fraction of sp³-hybridized carbons (Fsp3) is 0.400. The number of rotatable bonds is 5. The number of primary amides is 1. The first-order chi connectivity index (χ1) is 8.14. The van der Waals surface area contributed by atoms with Crippen molar-refractivity contribution in [1.82, 2.24) is 9.71 Å². The molecule has 1 amide bonds. The second-order valence-electron chi connectivity index (χ2n) is 4.42. The Kier molecular flexibility index (Phi) is 4.31. The van der Waals surface area contributed by atoms with Crippen molar-refractivity contribution in [3.63, 3.8) is 0 Å².